The largest absolute Gasteiger partial charge is 0.348 e. The lowest BCUT2D eigenvalue weighted by Crippen LogP contribution is -2.35. The average molecular weight is 356 g/mol. The Balaban J connectivity index is 1.76. The van der Waals surface area contributed by atoms with Gasteiger partial charge in [0.15, 0.2) is 0 Å². The second-order valence-electron chi connectivity index (χ2n) is 5.77. The molecule has 1 N–H and O–H groups in total. The number of nitrogens with zero attached hydrogens (tertiary/aromatic N) is 2. The highest BCUT2D eigenvalue weighted by Crippen LogP contribution is 2.19. The number of halogens is 1. The van der Waals surface area contributed by atoms with Crippen LogP contribution >= 0.6 is 11.6 Å². The summed E-state index contributed by atoms with van der Waals surface area (Å²) in [5.41, 5.74) is 0.701. The second kappa shape index (κ2) is 7.49. The maximum absolute atomic E-state index is 12.4. The van der Waals surface area contributed by atoms with Crippen LogP contribution in [0.2, 0.25) is 5.02 Å². The zero-order valence-electron chi connectivity index (χ0n) is 13.8. The van der Waals surface area contributed by atoms with E-state index in [-0.39, 0.29) is 24.1 Å². The van der Waals surface area contributed by atoms with Gasteiger partial charge in [-0.3, -0.25) is 9.59 Å². The zero-order valence-corrected chi connectivity index (χ0v) is 14.5. The molecule has 0 aliphatic rings. The molecule has 0 aliphatic carbocycles. The van der Waals surface area contributed by atoms with Crippen LogP contribution in [0.25, 0.3) is 10.8 Å². The van der Waals surface area contributed by atoms with Crippen molar-refractivity contribution < 1.29 is 4.79 Å². The van der Waals surface area contributed by atoms with Crippen molar-refractivity contribution in [2.75, 3.05) is 0 Å². The lowest BCUT2D eigenvalue weighted by Gasteiger charge is -2.18. The van der Waals surface area contributed by atoms with E-state index in [1.165, 1.54) is 4.68 Å². The van der Waals surface area contributed by atoms with Crippen molar-refractivity contribution in [3.8, 4) is 0 Å². The van der Waals surface area contributed by atoms with Crippen molar-refractivity contribution in [2.45, 2.75) is 25.9 Å². The maximum Gasteiger partial charge on any atom is 0.275 e. The number of amides is 1. The fraction of sp³-hybridized carbons (Fsp3) is 0.211. The molecule has 0 saturated heterocycles. The SMILES string of the molecule is CC[C@H](NC(=O)Cn1ncc2ccccc2c1=O)c1ccc(Cl)cc1. The van der Waals surface area contributed by atoms with Gasteiger partial charge in [-0.25, -0.2) is 4.68 Å². The van der Waals surface area contributed by atoms with E-state index in [2.05, 4.69) is 10.4 Å². The van der Waals surface area contributed by atoms with Crippen LogP contribution in [0.3, 0.4) is 0 Å². The fourth-order valence-electron chi connectivity index (χ4n) is 2.73. The molecule has 1 heterocycles. The molecule has 3 rings (SSSR count). The summed E-state index contributed by atoms with van der Waals surface area (Å²) in [4.78, 5) is 24.8. The molecular weight excluding hydrogens is 338 g/mol. The monoisotopic (exact) mass is 355 g/mol. The highest BCUT2D eigenvalue weighted by molar-refractivity contribution is 6.30. The molecule has 0 aliphatic heterocycles. The molecule has 0 spiro atoms. The van der Waals surface area contributed by atoms with Gasteiger partial charge in [0.05, 0.1) is 17.6 Å². The average Bonchev–Trinajstić information content (AvgIpc) is 2.63. The molecule has 25 heavy (non-hydrogen) atoms. The van der Waals surface area contributed by atoms with Crippen LogP contribution in [-0.2, 0) is 11.3 Å². The number of nitrogens with one attached hydrogen (secondary N) is 1. The summed E-state index contributed by atoms with van der Waals surface area (Å²) in [6, 6.07) is 14.4. The van der Waals surface area contributed by atoms with Gasteiger partial charge in [-0.2, -0.15) is 5.10 Å². The summed E-state index contributed by atoms with van der Waals surface area (Å²) in [7, 11) is 0. The Morgan fingerprint density at radius 2 is 1.92 bits per heavy atom. The third kappa shape index (κ3) is 3.88. The Morgan fingerprint density at radius 1 is 1.20 bits per heavy atom. The van der Waals surface area contributed by atoms with Crippen molar-refractivity contribution in [2.24, 2.45) is 0 Å². The standard InChI is InChI=1S/C19H18ClN3O2/c1-2-17(13-7-9-15(20)10-8-13)22-18(24)12-23-19(25)16-6-4-3-5-14(16)11-21-23/h3-11,17H,2,12H2,1H3,(H,22,24)/t17-/m0/s1. The molecule has 1 atom stereocenters. The number of hydrogen-bond acceptors (Lipinski definition) is 3. The number of hydrogen-bond donors (Lipinski definition) is 1. The first kappa shape index (κ1) is 17.2. The van der Waals surface area contributed by atoms with Crippen molar-refractivity contribution in [3.63, 3.8) is 0 Å². The van der Waals surface area contributed by atoms with Crippen LogP contribution in [0.15, 0.2) is 59.5 Å². The Hall–Kier alpha value is -2.66. The third-order valence-corrected chi connectivity index (χ3v) is 4.32. The molecule has 0 saturated carbocycles. The predicted octanol–water partition coefficient (Wildman–Crippen LogP) is 3.32. The maximum atomic E-state index is 12.4. The van der Waals surface area contributed by atoms with Gasteiger partial charge in [-0.1, -0.05) is 48.9 Å². The van der Waals surface area contributed by atoms with Crippen LogP contribution in [0.4, 0.5) is 0 Å². The van der Waals surface area contributed by atoms with Crippen molar-refractivity contribution >= 4 is 28.3 Å². The number of carbonyl (C=O) groups excluding carboxylic acids is 1. The van der Waals surface area contributed by atoms with Gasteiger partial charge in [-0.05, 0) is 30.2 Å². The van der Waals surface area contributed by atoms with Gasteiger partial charge in [-0.15, -0.1) is 0 Å². The molecule has 3 aromatic rings. The molecule has 2 aromatic carbocycles. The Morgan fingerprint density at radius 3 is 2.64 bits per heavy atom. The van der Waals surface area contributed by atoms with Gasteiger partial charge in [0.25, 0.3) is 5.56 Å². The summed E-state index contributed by atoms with van der Waals surface area (Å²) in [5, 5.41) is 9.00. The van der Waals surface area contributed by atoms with Crippen LogP contribution in [0.5, 0.6) is 0 Å². The van der Waals surface area contributed by atoms with E-state index in [4.69, 9.17) is 11.6 Å². The number of aromatic nitrogens is 2. The van der Waals surface area contributed by atoms with Gasteiger partial charge < -0.3 is 5.32 Å². The normalized spacial score (nSPS) is 12.1. The fourth-order valence-corrected chi connectivity index (χ4v) is 2.86. The van der Waals surface area contributed by atoms with Crippen LogP contribution < -0.4 is 10.9 Å². The van der Waals surface area contributed by atoms with Crippen molar-refractivity contribution in [1.82, 2.24) is 15.1 Å². The molecule has 5 nitrogen and oxygen atoms in total. The van der Waals surface area contributed by atoms with E-state index in [0.29, 0.717) is 10.4 Å². The molecule has 128 valence electrons. The lowest BCUT2D eigenvalue weighted by molar-refractivity contribution is -0.122. The third-order valence-electron chi connectivity index (χ3n) is 4.07. The highest BCUT2D eigenvalue weighted by Gasteiger charge is 2.14. The topological polar surface area (TPSA) is 64.0 Å². The number of benzene rings is 2. The van der Waals surface area contributed by atoms with Gasteiger partial charge in [0.1, 0.15) is 6.54 Å². The molecular formula is C19H18ClN3O2. The Bertz CT molecular complexity index is 951. The van der Waals surface area contributed by atoms with Crippen LogP contribution in [0.1, 0.15) is 24.9 Å². The summed E-state index contributed by atoms with van der Waals surface area (Å²) in [6.07, 6.45) is 2.33. The Labute approximate surface area is 150 Å². The molecule has 0 bridgehead atoms. The van der Waals surface area contributed by atoms with E-state index >= 15 is 0 Å². The van der Waals surface area contributed by atoms with Crippen LogP contribution in [-0.4, -0.2) is 15.7 Å². The van der Waals surface area contributed by atoms with Gasteiger partial charge >= 0.3 is 0 Å². The number of rotatable bonds is 5. The smallest absolute Gasteiger partial charge is 0.275 e. The van der Waals surface area contributed by atoms with E-state index in [1.807, 2.05) is 31.2 Å². The molecule has 1 aromatic heterocycles. The first-order chi connectivity index (χ1) is 12.1. The summed E-state index contributed by atoms with van der Waals surface area (Å²) in [5.74, 6) is -0.258. The summed E-state index contributed by atoms with van der Waals surface area (Å²) in [6.45, 7) is 1.87. The molecule has 1 amide bonds. The minimum absolute atomic E-state index is 0.117. The van der Waals surface area contributed by atoms with E-state index in [1.54, 1.807) is 30.5 Å². The summed E-state index contributed by atoms with van der Waals surface area (Å²) < 4.78 is 1.19. The number of fused-ring (bicyclic) bond motifs is 1. The van der Waals surface area contributed by atoms with Crippen LogP contribution in [0, 0.1) is 0 Å². The van der Waals surface area contributed by atoms with Crippen molar-refractivity contribution in [1.29, 1.82) is 0 Å². The molecule has 0 fully saturated rings. The first-order valence-corrected chi connectivity index (χ1v) is 8.46. The quantitative estimate of drug-likeness (QED) is 0.763. The molecule has 0 unspecified atom stereocenters. The molecule has 0 radical (unpaired) electrons. The first-order valence-electron chi connectivity index (χ1n) is 8.08. The number of carbonyl (C=O) groups is 1. The Kier molecular flexibility index (Phi) is 5.14. The predicted molar refractivity (Wildman–Crippen MR) is 98.6 cm³/mol. The second-order valence-corrected chi connectivity index (χ2v) is 6.21. The van der Waals surface area contributed by atoms with Crippen molar-refractivity contribution in [3.05, 3.63) is 75.7 Å². The summed E-state index contributed by atoms with van der Waals surface area (Å²) >= 11 is 5.90. The van der Waals surface area contributed by atoms with Gasteiger partial charge in [0.2, 0.25) is 5.91 Å². The lowest BCUT2D eigenvalue weighted by atomic mass is 10.0. The van der Waals surface area contributed by atoms with E-state index < -0.39 is 0 Å². The van der Waals surface area contributed by atoms with Gasteiger partial charge in [0, 0.05) is 10.4 Å². The minimum Gasteiger partial charge on any atom is -0.348 e. The highest BCUT2D eigenvalue weighted by atomic mass is 35.5. The van der Waals surface area contributed by atoms with E-state index in [9.17, 15) is 9.59 Å². The van der Waals surface area contributed by atoms with E-state index in [0.717, 1.165) is 17.4 Å². The molecule has 6 heteroatoms. The zero-order chi connectivity index (χ0) is 17.8. The minimum atomic E-state index is -0.271.